The maximum Gasteiger partial charge on any atom is 0.286 e. The summed E-state index contributed by atoms with van der Waals surface area (Å²) in [5, 5.41) is 0. The second-order valence-electron chi connectivity index (χ2n) is 10.9. The van der Waals surface area contributed by atoms with Crippen molar-refractivity contribution in [3.8, 4) is 34.8 Å². The van der Waals surface area contributed by atoms with Crippen LogP contribution >= 0.6 is 0 Å². The summed E-state index contributed by atoms with van der Waals surface area (Å²) in [5.41, 5.74) is 9.13. The lowest BCUT2D eigenvalue weighted by Crippen LogP contribution is -2.64. The Morgan fingerprint density at radius 3 is 1.83 bits per heavy atom. The molecule has 8 heteroatoms. The highest BCUT2D eigenvalue weighted by atomic mass is 16.5. The molecule has 0 spiro atoms. The number of ether oxygens (including phenoxy) is 3. The summed E-state index contributed by atoms with van der Waals surface area (Å²) >= 11 is 0. The lowest BCUT2D eigenvalue weighted by atomic mass is 9.34. The van der Waals surface area contributed by atoms with Crippen molar-refractivity contribution in [2.75, 3.05) is 4.90 Å². The minimum absolute atomic E-state index is 0.152. The van der Waals surface area contributed by atoms with Gasteiger partial charge in [0.25, 0.3) is 13.4 Å². The number of aromatic nitrogens is 2. The number of nitrogens with zero attached hydrogens (tertiary/aromatic N) is 3. The van der Waals surface area contributed by atoms with Gasteiger partial charge in [0.15, 0.2) is 0 Å². The summed E-state index contributed by atoms with van der Waals surface area (Å²) in [7, 11) is 0. The first-order chi connectivity index (χ1) is 20.8. The first-order valence-electron chi connectivity index (χ1n) is 14.1. The van der Waals surface area contributed by atoms with E-state index in [9.17, 15) is 0 Å². The number of benzene rings is 5. The van der Waals surface area contributed by atoms with Crippen molar-refractivity contribution in [1.29, 1.82) is 0 Å². The third-order valence-corrected chi connectivity index (χ3v) is 8.68. The molecule has 6 aromatic rings. The molecule has 10 rings (SSSR count). The first kappa shape index (κ1) is 22.2. The first-order valence-corrected chi connectivity index (χ1v) is 14.1. The van der Waals surface area contributed by atoms with Gasteiger partial charge in [0, 0.05) is 22.5 Å². The zero-order valence-corrected chi connectivity index (χ0v) is 22.2. The van der Waals surface area contributed by atoms with E-state index in [1.807, 2.05) is 54.6 Å². The Bertz CT molecular complexity index is 2120. The zero-order chi connectivity index (χ0) is 27.4. The van der Waals surface area contributed by atoms with Crippen LogP contribution in [0.1, 0.15) is 0 Å². The molecular formula is C34H19B2N3O3. The third-order valence-electron chi connectivity index (χ3n) is 8.68. The standard InChI is InChI=1S/C34H19B2N3O3/c1-2-10-20(11-3-1)39-23-14-6-4-12-21(23)35-29-24(39)15-8-17-26(29)41-33-31(35)37-32-34(38-33)42-28-19-9-18-27-30(28)36(32)22-13-5-7-16-25(22)40-27/h1-19H. The van der Waals surface area contributed by atoms with E-state index in [0.717, 1.165) is 73.1 Å². The molecule has 0 aliphatic carbocycles. The van der Waals surface area contributed by atoms with Crippen molar-refractivity contribution in [2.45, 2.75) is 0 Å². The molecule has 5 aromatic carbocycles. The molecule has 0 unspecified atom stereocenters. The van der Waals surface area contributed by atoms with Crippen LogP contribution in [0.5, 0.6) is 34.8 Å². The van der Waals surface area contributed by atoms with Crippen molar-refractivity contribution in [2.24, 2.45) is 0 Å². The lowest BCUT2D eigenvalue weighted by molar-refractivity contribution is 0.424. The van der Waals surface area contributed by atoms with Crippen LogP contribution in [0, 0.1) is 0 Å². The fourth-order valence-electron chi connectivity index (χ4n) is 6.99. The second kappa shape index (κ2) is 8.04. The molecule has 1 aromatic heterocycles. The predicted octanol–water partition coefficient (Wildman–Crippen LogP) is 3.61. The van der Waals surface area contributed by atoms with Gasteiger partial charge >= 0.3 is 0 Å². The van der Waals surface area contributed by atoms with E-state index in [1.165, 1.54) is 0 Å². The summed E-state index contributed by atoms with van der Waals surface area (Å²) in [6.45, 7) is -0.320. The maximum atomic E-state index is 6.55. The summed E-state index contributed by atoms with van der Waals surface area (Å²) in [6.07, 6.45) is 0. The molecule has 4 aliphatic heterocycles. The van der Waals surface area contributed by atoms with Crippen LogP contribution in [0.4, 0.5) is 17.1 Å². The van der Waals surface area contributed by atoms with Crippen LogP contribution in [0.2, 0.25) is 0 Å². The molecule has 0 N–H and O–H groups in total. The van der Waals surface area contributed by atoms with E-state index < -0.39 is 0 Å². The highest BCUT2D eigenvalue weighted by Gasteiger charge is 2.47. The molecule has 194 valence electrons. The third kappa shape index (κ3) is 2.85. The number of fused-ring (bicyclic) bond motifs is 8. The average Bonchev–Trinajstić information content (AvgIpc) is 3.04. The van der Waals surface area contributed by atoms with Crippen LogP contribution in [0.15, 0.2) is 115 Å². The van der Waals surface area contributed by atoms with Gasteiger partial charge in [0.2, 0.25) is 11.8 Å². The largest absolute Gasteiger partial charge is 0.458 e. The molecule has 4 aliphatic rings. The molecule has 0 saturated carbocycles. The van der Waals surface area contributed by atoms with Crippen LogP contribution in [0.3, 0.4) is 0 Å². The van der Waals surface area contributed by atoms with Crippen LogP contribution < -0.4 is 52.1 Å². The number of anilines is 3. The Kier molecular flexibility index (Phi) is 4.26. The van der Waals surface area contributed by atoms with E-state index in [-0.39, 0.29) is 13.4 Å². The Morgan fingerprint density at radius 2 is 1.02 bits per heavy atom. The Labute approximate surface area is 242 Å². The molecule has 0 radical (unpaired) electrons. The molecule has 6 nitrogen and oxygen atoms in total. The van der Waals surface area contributed by atoms with Gasteiger partial charge in [0.1, 0.15) is 23.0 Å². The van der Waals surface area contributed by atoms with Gasteiger partial charge in [0.05, 0.1) is 11.2 Å². The zero-order valence-electron chi connectivity index (χ0n) is 22.2. The number of hydrogen-bond donors (Lipinski definition) is 0. The predicted molar refractivity (Wildman–Crippen MR) is 166 cm³/mol. The molecule has 42 heavy (non-hydrogen) atoms. The van der Waals surface area contributed by atoms with Gasteiger partial charge in [-0.15, -0.1) is 0 Å². The minimum Gasteiger partial charge on any atom is -0.458 e. The Morgan fingerprint density at radius 1 is 0.452 bits per heavy atom. The Hall–Kier alpha value is -5.49. The number of hydrogen-bond acceptors (Lipinski definition) is 6. The van der Waals surface area contributed by atoms with Crippen LogP contribution in [-0.2, 0) is 0 Å². The molecule has 0 saturated heterocycles. The van der Waals surface area contributed by atoms with Gasteiger partial charge in [-0.25, -0.2) is 0 Å². The van der Waals surface area contributed by atoms with E-state index in [1.54, 1.807) is 0 Å². The minimum atomic E-state index is -0.168. The molecule has 5 heterocycles. The van der Waals surface area contributed by atoms with Crippen LogP contribution in [0.25, 0.3) is 0 Å². The van der Waals surface area contributed by atoms with E-state index >= 15 is 0 Å². The monoisotopic (exact) mass is 539 g/mol. The fraction of sp³-hybridized carbons (Fsp3) is 0. The normalized spacial score (nSPS) is 14.1. The average molecular weight is 539 g/mol. The highest BCUT2D eigenvalue weighted by molar-refractivity contribution is 7.00. The number of para-hydroxylation sites is 3. The maximum absolute atomic E-state index is 6.55. The molecule has 0 amide bonds. The molecule has 0 fully saturated rings. The quantitative estimate of drug-likeness (QED) is 0.298. The van der Waals surface area contributed by atoms with Crippen molar-refractivity contribution >= 4 is 63.5 Å². The van der Waals surface area contributed by atoms with Crippen molar-refractivity contribution in [3.63, 3.8) is 0 Å². The summed E-state index contributed by atoms with van der Waals surface area (Å²) in [4.78, 5) is 12.7. The van der Waals surface area contributed by atoms with Gasteiger partial charge in [-0.1, -0.05) is 66.7 Å². The van der Waals surface area contributed by atoms with E-state index in [0.29, 0.717) is 11.8 Å². The smallest absolute Gasteiger partial charge is 0.286 e. The van der Waals surface area contributed by atoms with Crippen molar-refractivity contribution in [3.05, 3.63) is 115 Å². The topological polar surface area (TPSA) is 56.7 Å². The summed E-state index contributed by atoms with van der Waals surface area (Å²) in [6, 6.07) is 39.3. The van der Waals surface area contributed by atoms with Crippen molar-refractivity contribution < 1.29 is 14.2 Å². The van der Waals surface area contributed by atoms with Crippen LogP contribution in [-0.4, -0.2) is 23.4 Å². The van der Waals surface area contributed by atoms with Gasteiger partial charge in [-0.05, 0) is 64.9 Å². The van der Waals surface area contributed by atoms with Gasteiger partial charge in [-0.2, -0.15) is 4.98 Å². The molecule has 0 atom stereocenters. The summed E-state index contributed by atoms with van der Waals surface area (Å²) in [5.74, 6) is 4.07. The Balaban J connectivity index is 1.23. The van der Waals surface area contributed by atoms with Crippen molar-refractivity contribution in [1.82, 2.24) is 9.97 Å². The van der Waals surface area contributed by atoms with Gasteiger partial charge in [-0.3, -0.25) is 4.98 Å². The van der Waals surface area contributed by atoms with Gasteiger partial charge < -0.3 is 19.1 Å². The van der Waals surface area contributed by atoms with E-state index in [4.69, 9.17) is 24.2 Å². The molecular weight excluding hydrogens is 520 g/mol. The number of rotatable bonds is 1. The highest BCUT2D eigenvalue weighted by Crippen LogP contribution is 2.40. The lowest BCUT2D eigenvalue weighted by Gasteiger charge is -2.39. The van der Waals surface area contributed by atoms with E-state index in [2.05, 4.69) is 65.6 Å². The second-order valence-corrected chi connectivity index (χ2v) is 10.9. The SMILES string of the molecule is c1ccc(N2c3ccccc3B3c4nc5c(nc4Oc4cccc2c43)Oc2cccc3c2B5c2ccccc2O3)cc1. The summed E-state index contributed by atoms with van der Waals surface area (Å²) < 4.78 is 19.3. The fourth-order valence-corrected chi connectivity index (χ4v) is 6.99. The molecule has 0 bridgehead atoms.